The summed E-state index contributed by atoms with van der Waals surface area (Å²) in [6.45, 7) is 22.1. The second-order valence-corrected chi connectivity index (χ2v) is 14.3. The minimum Gasteiger partial charge on any atom is -0.378 e. The fourth-order valence-electron chi connectivity index (χ4n) is 4.33. The van der Waals surface area contributed by atoms with Gasteiger partial charge in [-0.1, -0.05) is 139 Å². The van der Waals surface area contributed by atoms with Crippen molar-refractivity contribution >= 4 is 0 Å². The third-order valence-corrected chi connectivity index (χ3v) is 8.04. The lowest BCUT2D eigenvalue weighted by Gasteiger charge is -2.20. The third-order valence-electron chi connectivity index (χ3n) is 8.04. The lowest BCUT2D eigenvalue weighted by molar-refractivity contribution is 0.0251. The highest BCUT2D eigenvalue weighted by molar-refractivity contribution is 5.11. The molecule has 0 saturated heterocycles. The van der Waals surface area contributed by atoms with Crippen LogP contribution in [0.4, 0.5) is 0 Å². The van der Waals surface area contributed by atoms with Crippen molar-refractivity contribution < 1.29 is 9.47 Å². The summed E-state index contributed by atoms with van der Waals surface area (Å²) >= 11 is 0. The Balaban J connectivity index is 4.30. The molecule has 0 rings (SSSR count). The van der Waals surface area contributed by atoms with Crippen LogP contribution < -0.4 is 0 Å². The van der Waals surface area contributed by atoms with Crippen molar-refractivity contribution in [1.29, 1.82) is 0 Å². The Labute approximate surface area is 274 Å². The molecule has 0 aliphatic carbocycles. The molecule has 0 fully saturated rings. The van der Waals surface area contributed by atoms with Gasteiger partial charge in [0, 0.05) is 14.2 Å². The lowest BCUT2D eigenvalue weighted by atomic mass is 9.99. The van der Waals surface area contributed by atoms with E-state index in [1.165, 1.54) is 0 Å². The van der Waals surface area contributed by atoms with Gasteiger partial charge in [-0.2, -0.15) is 0 Å². The molecule has 6 unspecified atom stereocenters. The van der Waals surface area contributed by atoms with Gasteiger partial charge in [-0.15, -0.1) is 0 Å². The topological polar surface area (TPSA) is 18.5 Å². The number of hydrogen-bond acceptors (Lipinski definition) is 2. The average molecular weight is 607 g/mol. The number of hydrogen-bond donors (Lipinski definition) is 0. The summed E-state index contributed by atoms with van der Waals surface area (Å²) in [6, 6.07) is 0. The van der Waals surface area contributed by atoms with Gasteiger partial charge in [-0.3, -0.25) is 0 Å². The second-order valence-electron chi connectivity index (χ2n) is 14.3. The van der Waals surface area contributed by atoms with Gasteiger partial charge < -0.3 is 9.47 Å². The second kappa shape index (κ2) is 24.1. The minimum absolute atomic E-state index is 0.0806. The van der Waals surface area contributed by atoms with Crippen LogP contribution in [-0.4, -0.2) is 25.4 Å². The summed E-state index contributed by atoms with van der Waals surface area (Å²) in [5.74, 6) is 3.10. The van der Waals surface area contributed by atoms with Crippen molar-refractivity contribution in [3.05, 3.63) is 97.2 Å². The summed E-state index contributed by atoms with van der Waals surface area (Å²) < 4.78 is 11.0. The maximum Gasteiger partial charge on any atom is 0.0657 e. The molecule has 0 heterocycles. The maximum atomic E-state index is 5.48. The van der Waals surface area contributed by atoms with E-state index in [0.29, 0.717) is 35.5 Å². The van der Waals surface area contributed by atoms with E-state index in [2.05, 4.69) is 166 Å². The molecule has 2 heteroatoms. The van der Waals surface area contributed by atoms with Crippen molar-refractivity contribution in [3.8, 4) is 0 Å². The molecular formula is C42H70O2. The van der Waals surface area contributed by atoms with Gasteiger partial charge in [0.2, 0.25) is 0 Å². The fourth-order valence-corrected chi connectivity index (χ4v) is 4.33. The van der Waals surface area contributed by atoms with Crippen LogP contribution >= 0.6 is 0 Å². The Morgan fingerprint density at radius 1 is 0.432 bits per heavy atom. The first-order valence-corrected chi connectivity index (χ1v) is 17.1. The zero-order valence-electron chi connectivity index (χ0n) is 30.8. The number of allylic oxidation sites excluding steroid dienone is 14. The quantitative estimate of drug-likeness (QED) is 0.0851. The molecule has 0 radical (unpaired) electrons. The van der Waals surface area contributed by atoms with E-state index in [4.69, 9.17) is 9.47 Å². The van der Waals surface area contributed by atoms with Crippen molar-refractivity contribution in [2.75, 3.05) is 14.2 Å². The highest BCUT2D eigenvalue weighted by Crippen LogP contribution is 2.17. The lowest BCUT2D eigenvalue weighted by Crippen LogP contribution is -2.20. The molecule has 0 aliphatic heterocycles. The summed E-state index contributed by atoms with van der Waals surface area (Å²) in [7, 11) is 3.55. The summed E-state index contributed by atoms with van der Waals surface area (Å²) in [5, 5.41) is 0. The Hall–Kier alpha value is -2.16. The van der Waals surface area contributed by atoms with Gasteiger partial charge in [-0.05, 0) is 102 Å². The molecule has 2 nitrogen and oxygen atoms in total. The SMILES string of the molecule is COC(C)(C)C/C=C\C(C)/C=C/CC(C)C/C=C/C(C)/C=C/C=C/C(C)/C=C/CC(C)/C=C/CC(C)/C=C/CC(C)(C)OC. The maximum absolute atomic E-state index is 5.48. The van der Waals surface area contributed by atoms with Crippen LogP contribution in [-0.2, 0) is 9.47 Å². The first kappa shape index (κ1) is 41.8. The predicted octanol–water partition coefficient (Wildman–Crippen LogP) is 12.4. The van der Waals surface area contributed by atoms with Gasteiger partial charge in [-0.25, -0.2) is 0 Å². The van der Waals surface area contributed by atoms with Crippen LogP contribution in [0.25, 0.3) is 0 Å². The zero-order chi connectivity index (χ0) is 33.4. The van der Waals surface area contributed by atoms with E-state index < -0.39 is 0 Å². The first-order chi connectivity index (χ1) is 20.7. The monoisotopic (exact) mass is 607 g/mol. The molecule has 250 valence electrons. The Morgan fingerprint density at radius 2 is 0.750 bits per heavy atom. The van der Waals surface area contributed by atoms with E-state index in [9.17, 15) is 0 Å². The van der Waals surface area contributed by atoms with Crippen molar-refractivity contribution in [2.45, 2.75) is 119 Å². The fraction of sp³-hybridized carbons (Fsp3) is 0.619. The van der Waals surface area contributed by atoms with Crippen molar-refractivity contribution in [1.82, 2.24) is 0 Å². The molecule has 6 atom stereocenters. The van der Waals surface area contributed by atoms with E-state index in [-0.39, 0.29) is 11.2 Å². The molecular weight excluding hydrogens is 536 g/mol. The molecule has 0 saturated carbocycles. The van der Waals surface area contributed by atoms with Crippen LogP contribution in [0.5, 0.6) is 0 Å². The smallest absolute Gasteiger partial charge is 0.0657 e. The van der Waals surface area contributed by atoms with Gasteiger partial charge in [0.25, 0.3) is 0 Å². The summed E-state index contributed by atoms with van der Waals surface area (Å²) in [6.07, 6.45) is 42.9. The third kappa shape index (κ3) is 25.2. The molecule has 0 spiro atoms. The molecule has 0 aromatic carbocycles. The molecule has 0 N–H and O–H groups in total. The predicted molar refractivity (Wildman–Crippen MR) is 198 cm³/mol. The normalized spacial score (nSPS) is 18.4. The minimum atomic E-state index is -0.0868. The van der Waals surface area contributed by atoms with Gasteiger partial charge in [0.1, 0.15) is 0 Å². The van der Waals surface area contributed by atoms with Crippen molar-refractivity contribution in [2.24, 2.45) is 35.5 Å². The number of rotatable bonds is 23. The molecule has 0 bridgehead atoms. The van der Waals surface area contributed by atoms with E-state index in [0.717, 1.165) is 38.5 Å². The highest BCUT2D eigenvalue weighted by atomic mass is 16.5. The number of methoxy groups -OCH3 is 2. The van der Waals surface area contributed by atoms with Gasteiger partial charge in [0.05, 0.1) is 11.2 Å². The summed E-state index contributed by atoms with van der Waals surface area (Å²) in [4.78, 5) is 0. The standard InChI is InChI=1S/C42H70O2/c1-35(23-15-25-37(3)27-17-29-39(5)31-19-33-41(7,8)43-11)21-13-14-22-36(2)24-16-26-38(4)28-18-30-40(6)32-20-34-42(9,10)44-12/h13-24,27,30-32,35-40H,25-26,28-29,33-34H2,1-12H3/b21-13+,22-14+,23-15+,24-16+,27-17+,30-18+,31-19+,32-20-. The average Bonchev–Trinajstić information content (AvgIpc) is 2.95. The van der Waals surface area contributed by atoms with Crippen LogP contribution in [0.15, 0.2) is 97.2 Å². The van der Waals surface area contributed by atoms with Crippen LogP contribution in [0.1, 0.15) is 108 Å². The Morgan fingerprint density at radius 3 is 1.18 bits per heavy atom. The van der Waals surface area contributed by atoms with Crippen LogP contribution in [0.2, 0.25) is 0 Å². The van der Waals surface area contributed by atoms with Crippen LogP contribution in [0.3, 0.4) is 0 Å². The Kier molecular flexibility index (Phi) is 22.9. The highest BCUT2D eigenvalue weighted by Gasteiger charge is 2.14. The molecule has 0 aromatic heterocycles. The van der Waals surface area contributed by atoms with E-state index in [1.807, 2.05) is 0 Å². The van der Waals surface area contributed by atoms with E-state index >= 15 is 0 Å². The van der Waals surface area contributed by atoms with Crippen molar-refractivity contribution in [3.63, 3.8) is 0 Å². The molecule has 0 amide bonds. The Bertz CT molecular complexity index is 952. The van der Waals surface area contributed by atoms with Gasteiger partial charge in [0.15, 0.2) is 0 Å². The molecule has 44 heavy (non-hydrogen) atoms. The zero-order valence-corrected chi connectivity index (χ0v) is 30.8. The van der Waals surface area contributed by atoms with Crippen LogP contribution in [0, 0.1) is 35.5 Å². The van der Waals surface area contributed by atoms with Gasteiger partial charge >= 0.3 is 0 Å². The summed E-state index contributed by atoms with van der Waals surface area (Å²) in [5.41, 5.74) is -0.167. The number of ether oxygens (including phenoxy) is 2. The first-order valence-electron chi connectivity index (χ1n) is 17.1. The molecule has 0 aromatic rings. The van der Waals surface area contributed by atoms with E-state index in [1.54, 1.807) is 14.2 Å². The largest absolute Gasteiger partial charge is 0.378 e. The molecule has 0 aliphatic rings.